The van der Waals surface area contributed by atoms with Gasteiger partial charge < -0.3 is 24.4 Å². The van der Waals surface area contributed by atoms with Crippen LogP contribution in [-0.2, 0) is 14.3 Å². The van der Waals surface area contributed by atoms with Crippen LogP contribution < -0.4 is 10.1 Å². The summed E-state index contributed by atoms with van der Waals surface area (Å²) in [6.07, 6.45) is 1.49. The van der Waals surface area contributed by atoms with Crippen molar-refractivity contribution >= 4 is 11.6 Å². The highest BCUT2D eigenvalue weighted by Crippen LogP contribution is 2.31. The van der Waals surface area contributed by atoms with Crippen molar-refractivity contribution in [3.63, 3.8) is 0 Å². The summed E-state index contributed by atoms with van der Waals surface area (Å²) in [5.41, 5.74) is 0.894. The highest BCUT2D eigenvalue weighted by Gasteiger charge is 2.40. The van der Waals surface area contributed by atoms with Gasteiger partial charge in [0.25, 0.3) is 0 Å². The summed E-state index contributed by atoms with van der Waals surface area (Å²) in [6.45, 7) is 7.87. The summed E-state index contributed by atoms with van der Waals surface area (Å²) >= 11 is 0. The lowest BCUT2D eigenvalue weighted by Gasteiger charge is -2.37. The topological polar surface area (TPSA) is 60.0 Å². The molecule has 1 N–H and O–H groups in total. The van der Waals surface area contributed by atoms with E-state index in [4.69, 9.17) is 14.2 Å². The monoisotopic (exact) mass is 348 g/mol. The van der Waals surface area contributed by atoms with Crippen molar-refractivity contribution in [1.29, 1.82) is 0 Å². The minimum absolute atomic E-state index is 0.0985. The Kier molecular flexibility index (Phi) is 5.81. The first-order chi connectivity index (χ1) is 12.1. The molecule has 3 rings (SSSR count). The molecule has 2 aliphatic heterocycles. The number of piperidine rings is 1. The van der Waals surface area contributed by atoms with E-state index in [1.165, 1.54) is 0 Å². The Hall–Kier alpha value is -1.79. The number of nitrogens with one attached hydrogen (secondary N) is 1. The first kappa shape index (κ1) is 18.0. The molecule has 1 aromatic rings. The Balaban J connectivity index is 1.45. The Morgan fingerprint density at radius 3 is 2.68 bits per heavy atom. The minimum atomic E-state index is -0.438. The third-order valence-corrected chi connectivity index (χ3v) is 4.55. The zero-order valence-electron chi connectivity index (χ0n) is 15.1. The molecule has 6 nitrogen and oxygen atoms in total. The SMILES string of the molecule is CC(C)COc1cccc(NCC(=O)N2CCC3(CC2)OCCO3)c1. The molecule has 0 bridgehead atoms. The highest BCUT2D eigenvalue weighted by molar-refractivity contribution is 5.81. The molecule has 138 valence electrons. The number of ether oxygens (including phenoxy) is 3. The van der Waals surface area contributed by atoms with Gasteiger partial charge in [0.2, 0.25) is 5.91 Å². The van der Waals surface area contributed by atoms with Crippen LogP contribution in [-0.4, -0.2) is 56.0 Å². The van der Waals surface area contributed by atoms with Crippen LogP contribution in [0.5, 0.6) is 5.75 Å². The molecule has 0 unspecified atom stereocenters. The maximum Gasteiger partial charge on any atom is 0.241 e. The van der Waals surface area contributed by atoms with Crippen LogP contribution in [0.4, 0.5) is 5.69 Å². The zero-order chi connectivity index (χ0) is 17.7. The molecule has 0 atom stereocenters. The van der Waals surface area contributed by atoms with E-state index in [2.05, 4.69) is 19.2 Å². The third-order valence-electron chi connectivity index (χ3n) is 4.55. The average Bonchev–Trinajstić information content (AvgIpc) is 3.07. The second-order valence-corrected chi connectivity index (χ2v) is 7.07. The van der Waals surface area contributed by atoms with E-state index in [1.54, 1.807) is 0 Å². The summed E-state index contributed by atoms with van der Waals surface area (Å²) in [6, 6.07) is 7.74. The summed E-state index contributed by atoms with van der Waals surface area (Å²) in [4.78, 5) is 14.3. The van der Waals surface area contributed by atoms with Crippen LogP contribution in [0.3, 0.4) is 0 Å². The number of rotatable bonds is 6. The molecule has 0 aromatic heterocycles. The van der Waals surface area contributed by atoms with Gasteiger partial charge in [0.05, 0.1) is 26.4 Å². The van der Waals surface area contributed by atoms with Crippen molar-refractivity contribution in [1.82, 2.24) is 4.90 Å². The van der Waals surface area contributed by atoms with Crippen molar-refractivity contribution in [3.05, 3.63) is 24.3 Å². The Bertz CT molecular complexity index is 575. The van der Waals surface area contributed by atoms with Crippen LogP contribution in [0.15, 0.2) is 24.3 Å². The number of nitrogens with zero attached hydrogens (tertiary/aromatic N) is 1. The van der Waals surface area contributed by atoms with Gasteiger partial charge in [-0.2, -0.15) is 0 Å². The number of amides is 1. The summed E-state index contributed by atoms with van der Waals surface area (Å²) in [5.74, 6) is 0.961. The third kappa shape index (κ3) is 4.86. The Labute approximate surface area is 149 Å². The molecule has 1 spiro atoms. The molecule has 2 fully saturated rings. The summed E-state index contributed by atoms with van der Waals surface area (Å²) < 4.78 is 17.1. The van der Waals surface area contributed by atoms with Gasteiger partial charge in [-0.25, -0.2) is 0 Å². The molecular formula is C19H28N2O4. The predicted molar refractivity (Wildman–Crippen MR) is 95.7 cm³/mol. The minimum Gasteiger partial charge on any atom is -0.493 e. The van der Waals surface area contributed by atoms with Crippen LogP contribution >= 0.6 is 0 Å². The van der Waals surface area contributed by atoms with E-state index in [0.717, 1.165) is 24.3 Å². The average molecular weight is 348 g/mol. The van der Waals surface area contributed by atoms with Crippen LogP contribution in [0.2, 0.25) is 0 Å². The van der Waals surface area contributed by atoms with Crippen LogP contribution in [0.25, 0.3) is 0 Å². The largest absolute Gasteiger partial charge is 0.493 e. The van der Waals surface area contributed by atoms with Gasteiger partial charge in [-0.1, -0.05) is 19.9 Å². The Morgan fingerprint density at radius 1 is 1.28 bits per heavy atom. The van der Waals surface area contributed by atoms with E-state index in [-0.39, 0.29) is 12.5 Å². The van der Waals surface area contributed by atoms with Crippen molar-refractivity contribution in [2.45, 2.75) is 32.5 Å². The quantitative estimate of drug-likeness (QED) is 0.856. The van der Waals surface area contributed by atoms with Crippen molar-refractivity contribution < 1.29 is 19.0 Å². The highest BCUT2D eigenvalue weighted by atomic mass is 16.7. The van der Waals surface area contributed by atoms with Crippen LogP contribution in [0.1, 0.15) is 26.7 Å². The first-order valence-corrected chi connectivity index (χ1v) is 9.09. The van der Waals surface area contributed by atoms with E-state index >= 15 is 0 Å². The smallest absolute Gasteiger partial charge is 0.241 e. The maximum atomic E-state index is 12.4. The second-order valence-electron chi connectivity index (χ2n) is 7.07. The van der Waals surface area contributed by atoms with E-state index in [1.807, 2.05) is 29.2 Å². The van der Waals surface area contributed by atoms with Gasteiger partial charge in [0, 0.05) is 37.7 Å². The lowest BCUT2D eigenvalue weighted by Crippen LogP contribution is -2.48. The summed E-state index contributed by atoms with van der Waals surface area (Å²) in [7, 11) is 0. The molecule has 6 heteroatoms. The molecule has 1 amide bonds. The first-order valence-electron chi connectivity index (χ1n) is 9.09. The second kappa shape index (κ2) is 8.06. The summed E-state index contributed by atoms with van der Waals surface area (Å²) in [5, 5.41) is 3.20. The maximum absolute atomic E-state index is 12.4. The zero-order valence-corrected chi connectivity index (χ0v) is 15.1. The van der Waals surface area contributed by atoms with Gasteiger partial charge in [0.15, 0.2) is 5.79 Å². The fourth-order valence-corrected chi connectivity index (χ4v) is 3.13. The Morgan fingerprint density at radius 2 is 2.00 bits per heavy atom. The van der Waals surface area contributed by atoms with Crippen molar-refractivity contribution in [2.24, 2.45) is 5.92 Å². The van der Waals surface area contributed by atoms with Gasteiger partial charge in [0.1, 0.15) is 5.75 Å². The predicted octanol–water partition coefficient (Wildman–Crippen LogP) is 2.50. The van der Waals surface area contributed by atoms with E-state index < -0.39 is 5.79 Å². The lowest BCUT2D eigenvalue weighted by molar-refractivity contribution is -0.187. The molecule has 2 aliphatic rings. The number of likely N-dealkylation sites (tertiary alicyclic amines) is 1. The van der Waals surface area contributed by atoms with E-state index in [9.17, 15) is 4.79 Å². The fraction of sp³-hybridized carbons (Fsp3) is 0.632. The molecule has 0 saturated carbocycles. The number of anilines is 1. The molecular weight excluding hydrogens is 320 g/mol. The van der Waals surface area contributed by atoms with Crippen molar-refractivity contribution in [3.8, 4) is 5.75 Å². The molecule has 1 aromatic carbocycles. The van der Waals surface area contributed by atoms with Gasteiger partial charge in [-0.3, -0.25) is 4.79 Å². The van der Waals surface area contributed by atoms with E-state index in [0.29, 0.717) is 38.8 Å². The number of carbonyl (C=O) groups is 1. The number of carbonyl (C=O) groups excluding carboxylic acids is 1. The fourth-order valence-electron chi connectivity index (χ4n) is 3.13. The van der Waals surface area contributed by atoms with Gasteiger partial charge in [-0.15, -0.1) is 0 Å². The van der Waals surface area contributed by atoms with Gasteiger partial charge >= 0.3 is 0 Å². The van der Waals surface area contributed by atoms with Crippen LogP contribution in [0, 0.1) is 5.92 Å². The molecule has 25 heavy (non-hydrogen) atoms. The standard InChI is InChI=1S/C19H28N2O4/c1-15(2)14-23-17-5-3-4-16(12-17)20-13-18(22)21-8-6-19(7-9-21)24-10-11-25-19/h3-5,12,15,20H,6-11,13-14H2,1-2H3. The molecule has 0 aliphatic carbocycles. The lowest BCUT2D eigenvalue weighted by atomic mass is 10.0. The molecule has 2 heterocycles. The van der Waals surface area contributed by atoms with Crippen molar-refractivity contribution in [2.75, 3.05) is 44.8 Å². The number of benzene rings is 1. The van der Waals surface area contributed by atoms with Gasteiger partial charge in [-0.05, 0) is 18.1 Å². The molecule has 0 radical (unpaired) electrons. The number of hydrogen-bond acceptors (Lipinski definition) is 5. The number of hydrogen-bond donors (Lipinski definition) is 1. The molecule has 2 saturated heterocycles. The normalized spacial score (nSPS) is 19.4.